The zero-order valence-corrected chi connectivity index (χ0v) is 14.7. The zero-order chi connectivity index (χ0) is 17.3. The lowest BCUT2D eigenvalue weighted by Gasteiger charge is -2.06. The number of hydrogen-bond donors (Lipinski definition) is 0. The van der Waals surface area contributed by atoms with Gasteiger partial charge in [-0.3, -0.25) is 10.1 Å². The van der Waals surface area contributed by atoms with Crippen molar-refractivity contribution in [2.24, 2.45) is 0 Å². The van der Waals surface area contributed by atoms with E-state index in [4.69, 9.17) is 15.8 Å². The van der Waals surface area contributed by atoms with Gasteiger partial charge < -0.3 is 4.18 Å². The molecular weight excluding hydrogens is 398 g/mol. The molecule has 124 valence electrons. The molecule has 1 aromatic carbocycles. The zero-order valence-electron chi connectivity index (χ0n) is 11.4. The maximum atomic E-state index is 12.3. The van der Waals surface area contributed by atoms with Gasteiger partial charge in [0.25, 0.3) is 5.69 Å². The van der Waals surface area contributed by atoms with Crippen LogP contribution in [0.15, 0.2) is 39.9 Å². The molecule has 0 aliphatic carbocycles. The van der Waals surface area contributed by atoms with Gasteiger partial charge in [0.15, 0.2) is 9.96 Å². The van der Waals surface area contributed by atoms with Gasteiger partial charge in [0, 0.05) is 17.5 Å². The van der Waals surface area contributed by atoms with E-state index >= 15 is 0 Å². The Bertz CT molecular complexity index is 1000. The molecule has 0 N–H and O–H groups in total. The highest BCUT2D eigenvalue weighted by Gasteiger charge is 2.22. The van der Waals surface area contributed by atoms with Gasteiger partial charge in [0.1, 0.15) is 5.69 Å². The van der Waals surface area contributed by atoms with Crippen LogP contribution in [0.25, 0.3) is 10.6 Å². The maximum Gasteiger partial charge on any atom is 0.348 e. The van der Waals surface area contributed by atoms with Crippen molar-refractivity contribution in [3.05, 3.63) is 50.8 Å². The Morgan fingerprint density at radius 3 is 2.67 bits per heavy atom. The third-order valence-corrected chi connectivity index (χ3v) is 6.36. The number of benzene rings is 1. The number of thiophene rings is 1. The van der Waals surface area contributed by atoms with Crippen molar-refractivity contribution in [2.75, 3.05) is 0 Å². The van der Waals surface area contributed by atoms with Crippen LogP contribution in [0.1, 0.15) is 0 Å². The summed E-state index contributed by atoms with van der Waals surface area (Å²) in [5.41, 5.74) is 0.305. The molecule has 0 bridgehead atoms. The lowest BCUT2D eigenvalue weighted by atomic mass is 10.3. The summed E-state index contributed by atoms with van der Waals surface area (Å²) in [6, 6.07) is 6.24. The Hall–Kier alpha value is -2.08. The summed E-state index contributed by atoms with van der Waals surface area (Å²) >= 11 is 7.97. The predicted octanol–water partition coefficient (Wildman–Crippen LogP) is 3.60. The lowest BCUT2D eigenvalue weighted by molar-refractivity contribution is -0.384. The Labute approximate surface area is 148 Å². The smallest absolute Gasteiger partial charge is 0.348 e. The summed E-state index contributed by atoms with van der Waals surface area (Å²) < 4.78 is 33.3. The summed E-state index contributed by atoms with van der Waals surface area (Å²) in [6.07, 6.45) is 0. The van der Waals surface area contributed by atoms with Crippen molar-refractivity contribution in [1.82, 2.24) is 9.59 Å². The SMILES string of the molecule is O=[N+]([O-])c1ccc(OS(=O)(=O)c2ccc(-c3csnn3)s2)c(Cl)c1. The molecular formula is C12H6ClN3O5S3. The van der Waals surface area contributed by atoms with E-state index in [1.807, 2.05) is 0 Å². The van der Waals surface area contributed by atoms with Crippen LogP contribution in [0.2, 0.25) is 5.02 Å². The minimum absolute atomic E-state index is 0.0417. The first kappa shape index (κ1) is 16.8. The van der Waals surface area contributed by atoms with E-state index in [0.717, 1.165) is 41.1 Å². The molecule has 0 saturated carbocycles. The number of nitro benzene ring substituents is 1. The Balaban J connectivity index is 1.88. The topological polar surface area (TPSA) is 112 Å². The van der Waals surface area contributed by atoms with Crippen molar-refractivity contribution in [3.8, 4) is 16.3 Å². The molecule has 2 aromatic heterocycles. The van der Waals surface area contributed by atoms with Crippen LogP contribution >= 0.6 is 34.5 Å². The Morgan fingerprint density at radius 2 is 2.04 bits per heavy atom. The fourth-order valence-corrected chi connectivity index (χ4v) is 4.66. The third kappa shape index (κ3) is 3.38. The molecule has 24 heavy (non-hydrogen) atoms. The first-order valence-corrected chi connectivity index (χ1v) is 9.56. The van der Waals surface area contributed by atoms with Crippen molar-refractivity contribution in [2.45, 2.75) is 4.21 Å². The largest absolute Gasteiger partial charge is 0.377 e. The molecule has 0 fully saturated rings. The average Bonchev–Trinajstić information content (AvgIpc) is 3.19. The monoisotopic (exact) mass is 403 g/mol. The predicted molar refractivity (Wildman–Crippen MR) is 89.1 cm³/mol. The maximum absolute atomic E-state index is 12.3. The van der Waals surface area contributed by atoms with E-state index in [2.05, 4.69) is 9.59 Å². The van der Waals surface area contributed by atoms with E-state index in [-0.39, 0.29) is 20.7 Å². The second kappa shape index (κ2) is 6.43. The minimum atomic E-state index is -4.12. The normalized spacial score (nSPS) is 11.4. The van der Waals surface area contributed by atoms with Gasteiger partial charge in [0.2, 0.25) is 0 Å². The molecule has 0 amide bonds. The summed E-state index contributed by atoms with van der Waals surface area (Å²) in [4.78, 5) is 10.7. The quantitative estimate of drug-likeness (QED) is 0.363. The standard InChI is InChI=1S/C12H6ClN3O5S3/c13-8-5-7(16(17)18)1-2-10(8)21-24(19,20)12-4-3-11(23-12)9-6-22-15-14-9/h1-6H. The number of aromatic nitrogens is 2. The molecule has 2 heterocycles. The van der Waals surface area contributed by atoms with E-state index in [1.54, 1.807) is 11.4 Å². The van der Waals surface area contributed by atoms with Crippen LogP contribution in [0.4, 0.5) is 5.69 Å². The van der Waals surface area contributed by atoms with Crippen molar-refractivity contribution in [1.29, 1.82) is 0 Å². The summed E-state index contributed by atoms with van der Waals surface area (Å²) in [5, 5.41) is 16.0. The lowest BCUT2D eigenvalue weighted by Crippen LogP contribution is -2.08. The highest BCUT2D eigenvalue weighted by molar-refractivity contribution is 7.89. The Kier molecular flexibility index (Phi) is 4.49. The van der Waals surface area contributed by atoms with Crippen LogP contribution in [-0.2, 0) is 10.1 Å². The van der Waals surface area contributed by atoms with Gasteiger partial charge in [0.05, 0.1) is 14.8 Å². The van der Waals surface area contributed by atoms with Gasteiger partial charge >= 0.3 is 10.1 Å². The van der Waals surface area contributed by atoms with Gasteiger partial charge in [-0.2, -0.15) is 8.42 Å². The van der Waals surface area contributed by atoms with Crippen LogP contribution in [-0.4, -0.2) is 22.9 Å². The number of nitro groups is 1. The molecule has 0 unspecified atom stereocenters. The number of halogens is 1. The number of non-ortho nitro benzene ring substituents is 1. The molecule has 0 aliphatic heterocycles. The second-order valence-corrected chi connectivity index (χ2v) is 8.19. The second-order valence-electron chi connectivity index (χ2n) is 4.32. The Morgan fingerprint density at radius 1 is 1.25 bits per heavy atom. The summed E-state index contributed by atoms with van der Waals surface area (Å²) in [7, 11) is -4.12. The molecule has 3 aromatic rings. The van der Waals surface area contributed by atoms with E-state index in [0.29, 0.717) is 10.6 Å². The first-order valence-electron chi connectivity index (χ1n) is 6.12. The number of nitrogens with zero attached hydrogens (tertiary/aromatic N) is 3. The molecule has 3 rings (SSSR count). The minimum Gasteiger partial charge on any atom is -0.377 e. The molecule has 0 radical (unpaired) electrons. The highest BCUT2D eigenvalue weighted by atomic mass is 35.5. The molecule has 0 spiro atoms. The van der Waals surface area contributed by atoms with Crippen LogP contribution in [0, 0.1) is 10.1 Å². The van der Waals surface area contributed by atoms with Crippen molar-refractivity contribution >= 4 is 50.3 Å². The molecule has 12 heteroatoms. The molecule has 8 nitrogen and oxygen atoms in total. The fraction of sp³-hybridized carbons (Fsp3) is 0. The van der Waals surface area contributed by atoms with Crippen LogP contribution < -0.4 is 4.18 Å². The summed E-state index contributed by atoms with van der Waals surface area (Å²) in [5.74, 6) is -0.187. The van der Waals surface area contributed by atoms with Gasteiger partial charge in [-0.05, 0) is 29.7 Å². The third-order valence-electron chi connectivity index (χ3n) is 2.77. The first-order chi connectivity index (χ1) is 11.4. The highest BCUT2D eigenvalue weighted by Crippen LogP contribution is 2.34. The van der Waals surface area contributed by atoms with Crippen LogP contribution in [0.5, 0.6) is 5.75 Å². The van der Waals surface area contributed by atoms with Gasteiger partial charge in [-0.15, -0.1) is 16.4 Å². The van der Waals surface area contributed by atoms with Crippen molar-refractivity contribution in [3.63, 3.8) is 0 Å². The van der Waals surface area contributed by atoms with E-state index in [9.17, 15) is 18.5 Å². The number of hydrogen-bond acceptors (Lipinski definition) is 9. The van der Waals surface area contributed by atoms with Gasteiger partial charge in [-0.25, -0.2) is 0 Å². The molecule has 0 saturated heterocycles. The van der Waals surface area contributed by atoms with Gasteiger partial charge in [-0.1, -0.05) is 16.1 Å². The van der Waals surface area contributed by atoms with E-state index < -0.39 is 15.0 Å². The molecule has 0 atom stereocenters. The average molecular weight is 404 g/mol. The van der Waals surface area contributed by atoms with E-state index in [1.165, 1.54) is 6.07 Å². The molecule has 0 aliphatic rings. The van der Waals surface area contributed by atoms with Crippen molar-refractivity contribution < 1.29 is 17.5 Å². The van der Waals surface area contributed by atoms with Crippen LogP contribution in [0.3, 0.4) is 0 Å². The fourth-order valence-electron chi connectivity index (χ4n) is 1.69. The number of rotatable bonds is 5. The summed E-state index contributed by atoms with van der Waals surface area (Å²) in [6.45, 7) is 0.